The predicted molar refractivity (Wildman–Crippen MR) is 50.8 cm³/mol. The van der Waals surface area contributed by atoms with Crippen molar-refractivity contribution in [1.29, 1.82) is 0 Å². The van der Waals surface area contributed by atoms with E-state index in [2.05, 4.69) is 5.32 Å². The van der Waals surface area contributed by atoms with Gasteiger partial charge < -0.3 is 14.8 Å². The zero-order chi connectivity index (χ0) is 9.97. The van der Waals surface area contributed by atoms with E-state index in [1.807, 2.05) is 0 Å². The van der Waals surface area contributed by atoms with Crippen LogP contribution < -0.4 is 14.8 Å². The third-order valence-electron chi connectivity index (χ3n) is 2.03. The number of ether oxygens (including phenoxy) is 2. The van der Waals surface area contributed by atoms with Crippen molar-refractivity contribution in [3.8, 4) is 11.5 Å². The maximum Gasteiger partial charge on any atom is 0.251 e. The number of hydrogen-bond acceptors (Lipinski definition) is 3. The van der Waals surface area contributed by atoms with Crippen LogP contribution >= 0.6 is 0 Å². The molecule has 0 bridgehead atoms. The van der Waals surface area contributed by atoms with Gasteiger partial charge in [-0.15, -0.1) is 0 Å². The zero-order valence-electron chi connectivity index (χ0n) is 7.87. The Balaban J connectivity index is 2.33. The fraction of sp³-hybridized carbons (Fsp3) is 0.300. The van der Waals surface area contributed by atoms with Crippen LogP contribution in [0.25, 0.3) is 0 Å². The van der Waals surface area contributed by atoms with E-state index in [1.165, 1.54) is 0 Å². The highest BCUT2D eigenvalue weighted by molar-refractivity contribution is 5.94. The summed E-state index contributed by atoms with van der Waals surface area (Å²) in [5.74, 6) is 1.21. The molecule has 0 aromatic heterocycles. The van der Waals surface area contributed by atoms with Gasteiger partial charge in [-0.1, -0.05) is 0 Å². The Bertz CT molecular complexity index is 362. The van der Waals surface area contributed by atoms with Crippen LogP contribution in [0, 0.1) is 0 Å². The summed E-state index contributed by atoms with van der Waals surface area (Å²) < 4.78 is 10.7. The van der Waals surface area contributed by atoms with Crippen molar-refractivity contribution in [2.45, 2.75) is 0 Å². The molecule has 1 amide bonds. The molecular weight excluding hydrogens is 182 g/mol. The Labute approximate surface area is 81.8 Å². The number of rotatable bonds is 1. The van der Waals surface area contributed by atoms with Crippen molar-refractivity contribution in [2.75, 3.05) is 20.3 Å². The normalized spacial score (nSPS) is 13.5. The highest BCUT2D eigenvalue weighted by atomic mass is 16.6. The van der Waals surface area contributed by atoms with Crippen LogP contribution in [0.4, 0.5) is 0 Å². The van der Waals surface area contributed by atoms with E-state index in [-0.39, 0.29) is 5.91 Å². The molecule has 1 aromatic rings. The van der Waals surface area contributed by atoms with E-state index < -0.39 is 0 Å². The molecule has 0 saturated carbocycles. The molecule has 1 heterocycles. The number of amides is 1. The highest BCUT2D eigenvalue weighted by Gasteiger charge is 2.13. The first kappa shape index (κ1) is 8.87. The van der Waals surface area contributed by atoms with E-state index in [1.54, 1.807) is 25.2 Å². The second-order valence-corrected chi connectivity index (χ2v) is 2.94. The van der Waals surface area contributed by atoms with Crippen LogP contribution in [0.15, 0.2) is 18.2 Å². The standard InChI is InChI=1S/C10H11NO3/c1-11-10(12)7-2-3-8-9(6-7)14-5-4-13-8/h2-3,6H,4-5H2,1H3,(H,11,12). The molecule has 0 unspecified atom stereocenters. The third-order valence-corrected chi connectivity index (χ3v) is 2.03. The van der Waals surface area contributed by atoms with Gasteiger partial charge in [0.25, 0.3) is 5.91 Å². The van der Waals surface area contributed by atoms with Gasteiger partial charge >= 0.3 is 0 Å². The van der Waals surface area contributed by atoms with Gasteiger partial charge in [-0.25, -0.2) is 0 Å². The lowest BCUT2D eigenvalue weighted by Crippen LogP contribution is -2.19. The van der Waals surface area contributed by atoms with E-state index >= 15 is 0 Å². The van der Waals surface area contributed by atoms with Crippen molar-refractivity contribution in [1.82, 2.24) is 5.32 Å². The van der Waals surface area contributed by atoms with Gasteiger partial charge in [-0.2, -0.15) is 0 Å². The van der Waals surface area contributed by atoms with Crippen molar-refractivity contribution in [2.24, 2.45) is 0 Å². The second kappa shape index (κ2) is 3.57. The van der Waals surface area contributed by atoms with Crippen LogP contribution in [-0.2, 0) is 0 Å². The van der Waals surface area contributed by atoms with Gasteiger partial charge in [-0.05, 0) is 18.2 Å². The minimum atomic E-state index is -0.123. The van der Waals surface area contributed by atoms with Crippen LogP contribution in [0.3, 0.4) is 0 Å². The van der Waals surface area contributed by atoms with Crippen molar-refractivity contribution >= 4 is 5.91 Å². The molecule has 0 spiro atoms. The van der Waals surface area contributed by atoms with Crippen molar-refractivity contribution < 1.29 is 14.3 Å². The lowest BCUT2D eigenvalue weighted by atomic mass is 10.2. The van der Waals surface area contributed by atoms with Crippen molar-refractivity contribution in [3.63, 3.8) is 0 Å². The van der Waals surface area contributed by atoms with E-state index in [0.29, 0.717) is 30.3 Å². The van der Waals surface area contributed by atoms with E-state index in [9.17, 15) is 4.79 Å². The highest BCUT2D eigenvalue weighted by Crippen LogP contribution is 2.30. The molecule has 4 nitrogen and oxygen atoms in total. The third kappa shape index (κ3) is 1.51. The monoisotopic (exact) mass is 193 g/mol. The minimum Gasteiger partial charge on any atom is -0.486 e. The van der Waals surface area contributed by atoms with E-state index in [4.69, 9.17) is 9.47 Å². The number of nitrogens with one attached hydrogen (secondary N) is 1. The van der Waals surface area contributed by atoms with Crippen LogP contribution in [-0.4, -0.2) is 26.2 Å². The largest absolute Gasteiger partial charge is 0.486 e. The fourth-order valence-corrected chi connectivity index (χ4v) is 1.33. The van der Waals surface area contributed by atoms with Gasteiger partial charge in [0.2, 0.25) is 0 Å². The Morgan fingerprint density at radius 1 is 1.29 bits per heavy atom. The predicted octanol–water partition coefficient (Wildman–Crippen LogP) is 0.817. The van der Waals surface area contributed by atoms with Gasteiger partial charge in [0.05, 0.1) is 0 Å². The molecule has 0 radical (unpaired) electrons. The average molecular weight is 193 g/mol. The number of carbonyl (C=O) groups is 1. The molecule has 1 aromatic carbocycles. The molecule has 0 atom stereocenters. The number of fused-ring (bicyclic) bond motifs is 1. The summed E-state index contributed by atoms with van der Waals surface area (Å²) in [5.41, 5.74) is 0.580. The van der Waals surface area contributed by atoms with Gasteiger partial charge in [0.1, 0.15) is 13.2 Å². The molecule has 1 aliphatic rings. The van der Waals surface area contributed by atoms with Gasteiger partial charge in [0.15, 0.2) is 11.5 Å². The SMILES string of the molecule is CNC(=O)c1ccc2c(c1)OCCO2. The first-order chi connectivity index (χ1) is 6.81. The summed E-state index contributed by atoms with van der Waals surface area (Å²) in [4.78, 5) is 11.3. The van der Waals surface area contributed by atoms with Crippen LogP contribution in [0.1, 0.15) is 10.4 Å². The molecular formula is C10H11NO3. The van der Waals surface area contributed by atoms with Crippen LogP contribution in [0.5, 0.6) is 11.5 Å². The number of benzene rings is 1. The Morgan fingerprint density at radius 3 is 2.71 bits per heavy atom. The summed E-state index contributed by atoms with van der Waals surface area (Å²) in [6, 6.07) is 5.15. The average Bonchev–Trinajstić information content (AvgIpc) is 2.27. The molecule has 0 fully saturated rings. The summed E-state index contributed by atoms with van der Waals surface area (Å²) in [6.07, 6.45) is 0. The Hall–Kier alpha value is -1.71. The molecule has 1 N–H and O–H groups in total. The lowest BCUT2D eigenvalue weighted by molar-refractivity contribution is 0.0962. The van der Waals surface area contributed by atoms with Crippen LogP contribution in [0.2, 0.25) is 0 Å². The molecule has 0 aliphatic carbocycles. The topological polar surface area (TPSA) is 47.6 Å². The smallest absolute Gasteiger partial charge is 0.251 e. The van der Waals surface area contributed by atoms with Gasteiger partial charge in [-0.3, -0.25) is 4.79 Å². The number of carbonyl (C=O) groups excluding carboxylic acids is 1. The van der Waals surface area contributed by atoms with E-state index in [0.717, 1.165) is 0 Å². The Kier molecular flexibility index (Phi) is 2.26. The maximum atomic E-state index is 11.3. The molecule has 2 rings (SSSR count). The fourth-order valence-electron chi connectivity index (χ4n) is 1.33. The molecule has 4 heteroatoms. The zero-order valence-corrected chi connectivity index (χ0v) is 7.87. The summed E-state index contributed by atoms with van der Waals surface area (Å²) in [7, 11) is 1.60. The Morgan fingerprint density at radius 2 is 2.00 bits per heavy atom. The second-order valence-electron chi connectivity index (χ2n) is 2.94. The molecule has 1 aliphatic heterocycles. The maximum absolute atomic E-state index is 11.3. The lowest BCUT2D eigenvalue weighted by Gasteiger charge is -2.18. The minimum absolute atomic E-state index is 0.123. The first-order valence-corrected chi connectivity index (χ1v) is 4.43. The summed E-state index contributed by atoms with van der Waals surface area (Å²) in [6.45, 7) is 1.09. The number of hydrogen-bond donors (Lipinski definition) is 1. The summed E-state index contributed by atoms with van der Waals surface area (Å²) in [5, 5.41) is 2.55. The van der Waals surface area contributed by atoms with Gasteiger partial charge in [0, 0.05) is 12.6 Å². The molecule has 0 saturated heterocycles. The quantitative estimate of drug-likeness (QED) is 0.718. The summed E-state index contributed by atoms with van der Waals surface area (Å²) >= 11 is 0. The first-order valence-electron chi connectivity index (χ1n) is 4.43. The molecule has 14 heavy (non-hydrogen) atoms. The molecule has 74 valence electrons. The van der Waals surface area contributed by atoms with Crippen molar-refractivity contribution in [3.05, 3.63) is 23.8 Å².